The Balaban J connectivity index is 0. The van der Waals surface area contributed by atoms with Crippen molar-refractivity contribution in [1.29, 1.82) is 0 Å². The molecule has 0 saturated heterocycles. The van der Waals surface area contributed by atoms with Crippen LogP contribution in [0.5, 0.6) is 0 Å². The second kappa shape index (κ2) is 15.7. The number of ether oxygens (including phenoxy) is 3. The molecule has 0 fully saturated rings. The lowest BCUT2D eigenvalue weighted by Gasteiger charge is -2.19. The monoisotopic (exact) mass is 364 g/mol. The molecule has 0 aromatic carbocycles. The van der Waals surface area contributed by atoms with Gasteiger partial charge in [0, 0.05) is 11.1 Å². The molecule has 25 heavy (non-hydrogen) atoms. The van der Waals surface area contributed by atoms with E-state index in [0.29, 0.717) is 0 Å². The maximum absolute atomic E-state index is 11.5. The van der Waals surface area contributed by atoms with Gasteiger partial charge < -0.3 is 34.6 Å². The molecule has 0 aliphatic carbocycles. The Morgan fingerprint density at radius 2 is 1.44 bits per heavy atom. The van der Waals surface area contributed by atoms with Crippen LogP contribution in [0, 0.1) is 0 Å². The standard InChI is InChI=1S/C14H22O7.C2H6O2/c1-9(2)13(17)20-8-12(21-14(18)10(3)4)7-19-6-11(16)5-15;3-1-2-4/h11-12,15-16H,1,3,5-8H2,2,4H3;3-4H,1-2H2. The van der Waals surface area contributed by atoms with Gasteiger partial charge in [0.15, 0.2) is 6.10 Å². The SMILES string of the molecule is C=C(C)C(=O)OCC(COCC(O)CO)OC(=O)C(=C)C.OCCO. The molecule has 0 aliphatic rings. The molecule has 0 radical (unpaired) electrons. The van der Waals surface area contributed by atoms with Crippen molar-refractivity contribution >= 4 is 11.9 Å². The molecule has 0 rings (SSSR count). The molecule has 2 unspecified atom stereocenters. The van der Waals surface area contributed by atoms with Gasteiger partial charge in [0.05, 0.1) is 33.0 Å². The molecular weight excluding hydrogens is 336 g/mol. The van der Waals surface area contributed by atoms with E-state index < -0.39 is 30.8 Å². The van der Waals surface area contributed by atoms with E-state index in [1.54, 1.807) is 0 Å². The first kappa shape index (κ1) is 25.5. The molecule has 4 N–H and O–H groups in total. The number of rotatable bonds is 11. The maximum Gasteiger partial charge on any atom is 0.333 e. The zero-order valence-corrected chi connectivity index (χ0v) is 14.6. The number of esters is 2. The van der Waals surface area contributed by atoms with Crippen molar-refractivity contribution in [2.24, 2.45) is 0 Å². The summed E-state index contributed by atoms with van der Waals surface area (Å²) in [6.07, 6.45) is -1.87. The van der Waals surface area contributed by atoms with E-state index in [0.717, 1.165) is 0 Å². The number of aliphatic hydroxyl groups is 4. The molecule has 9 heteroatoms. The van der Waals surface area contributed by atoms with Gasteiger partial charge in [0.25, 0.3) is 0 Å². The molecule has 0 saturated carbocycles. The summed E-state index contributed by atoms with van der Waals surface area (Å²) in [6, 6.07) is 0. The highest BCUT2D eigenvalue weighted by molar-refractivity contribution is 5.87. The molecule has 0 heterocycles. The van der Waals surface area contributed by atoms with Crippen molar-refractivity contribution in [3.8, 4) is 0 Å². The largest absolute Gasteiger partial charge is 0.458 e. The van der Waals surface area contributed by atoms with Crippen LogP contribution in [0.25, 0.3) is 0 Å². The molecule has 146 valence electrons. The van der Waals surface area contributed by atoms with Crippen molar-refractivity contribution in [2.75, 3.05) is 39.6 Å². The van der Waals surface area contributed by atoms with E-state index in [-0.39, 0.29) is 44.2 Å². The van der Waals surface area contributed by atoms with Crippen LogP contribution < -0.4 is 0 Å². The van der Waals surface area contributed by atoms with Crippen LogP contribution in [0.4, 0.5) is 0 Å². The highest BCUT2D eigenvalue weighted by atomic mass is 16.6. The molecular formula is C16H28O9. The molecule has 9 nitrogen and oxygen atoms in total. The summed E-state index contributed by atoms with van der Waals surface area (Å²) >= 11 is 0. The van der Waals surface area contributed by atoms with Gasteiger partial charge in [-0.25, -0.2) is 9.59 Å². The van der Waals surface area contributed by atoms with E-state index in [2.05, 4.69) is 13.2 Å². The molecule has 0 bridgehead atoms. The minimum Gasteiger partial charge on any atom is -0.458 e. The predicted molar refractivity (Wildman–Crippen MR) is 88.6 cm³/mol. The van der Waals surface area contributed by atoms with Gasteiger partial charge in [-0.05, 0) is 13.8 Å². The van der Waals surface area contributed by atoms with E-state index in [9.17, 15) is 9.59 Å². The van der Waals surface area contributed by atoms with Gasteiger partial charge in [-0.3, -0.25) is 0 Å². The van der Waals surface area contributed by atoms with Crippen LogP contribution >= 0.6 is 0 Å². The molecule has 2 atom stereocenters. The second-order valence-electron chi connectivity index (χ2n) is 5.01. The lowest BCUT2D eigenvalue weighted by molar-refractivity contribution is -0.158. The Bertz CT molecular complexity index is 418. The molecule has 0 aliphatic heterocycles. The first-order valence-electron chi connectivity index (χ1n) is 7.47. The number of hydrogen-bond acceptors (Lipinski definition) is 9. The lowest BCUT2D eigenvalue weighted by Crippen LogP contribution is -2.32. The highest BCUT2D eigenvalue weighted by Gasteiger charge is 2.18. The van der Waals surface area contributed by atoms with Gasteiger partial charge in [-0.1, -0.05) is 13.2 Å². The number of hydrogen-bond donors (Lipinski definition) is 4. The Morgan fingerprint density at radius 3 is 1.84 bits per heavy atom. The lowest BCUT2D eigenvalue weighted by atomic mass is 10.3. The number of carbonyl (C=O) groups excluding carboxylic acids is 2. The fourth-order valence-electron chi connectivity index (χ4n) is 1.05. The summed E-state index contributed by atoms with van der Waals surface area (Å²) < 4.78 is 15.0. The van der Waals surface area contributed by atoms with E-state index in [1.807, 2.05) is 0 Å². The summed E-state index contributed by atoms with van der Waals surface area (Å²) in [6.45, 7) is 8.71. The summed E-state index contributed by atoms with van der Waals surface area (Å²) in [5.41, 5.74) is 0.415. The van der Waals surface area contributed by atoms with Gasteiger partial charge >= 0.3 is 11.9 Å². The van der Waals surface area contributed by atoms with Gasteiger partial charge in [0.1, 0.15) is 12.7 Å². The predicted octanol–water partition coefficient (Wildman–Crippen LogP) is -1.07. The van der Waals surface area contributed by atoms with Crippen molar-refractivity contribution in [3.05, 3.63) is 24.3 Å². The summed E-state index contributed by atoms with van der Waals surface area (Å²) in [5.74, 6) is -1.25. The van der Waals surface area contributed by atoms with E-state index >= 15 is 0 Å². The molecule has 0 aromatic heterocycles. The van der Waals surface area contributed by atoms with Crippen LogP contribution in [0.15, 0.2) is 24.3 Å². The van der Waals surface area contributed by atoms with E-state index in [1.165, 1.54) is 13.8 Å². The molecule has 0 amide bonds. The van der Waals surface area contributed by atoms with E-state index in [4.69, 9.17) is 34.6 Å². The summed E-state index contributed by atoms with van der Waals surface area (Å²) in [4.78, 5) is 22.8. The smallest absolute Gasteiger partial charge is 0.333 e. The maximum atomic E-state index is 11.5. The fraction of sp³-hybridized carbons (Fsp3) is 0.625. The Morgan fingerprint density at radius 1 is 0.920 bits per heavy atom. The zero-order valence-electron chi connectivity index (χ0n) is 14.6. The first-order valence-corrected chi connectivity index (χ1v) is 7.47. The average Bonchev–Trinajstić information content (AvgIpc) is 2.58. The summed E-state index contributed by atoms with van der Waals surface area (Å²) in [5, 5.41) is 33.0. The second-order valence-corrected chi connectivity index (χ2v) is 5.01. The normalized spacial score (nSPS) is 12.2. The van der Waals surface area contributed by atoms with Crippen LogP contribution in [-0.2, 0) is 23.8 Å². The minimum absolute atomic E-state index is 0.0977. The molecule has 0 spiro atoms. The Hall–Kier alpha value is -1.78. The fourth-order valence-corrected chi connectivity index (χ4v) is 1.05. The average molecular weight is 364 g/mol. The Labute approximate surface area is 147 Å². The van der Waals surface area contributed by atoms with Crippen LogP contribution in [0.1, 0.15) is 13.8 Å². The summed E-state index contributed by atoms with van der Waals surface area (Å²) in [7, 11) is 0. The topological polar surface area (TPSA) is 143 Å². The van der Waals surface area contributed by atoms with Crippen LogP contribution in [-0.4, -0.2) is 84.2 Å². The van der Waals surface area contributed by atoms with Crippen LogP contribution in [0.2, 0.25) is 0 Å². The van der Waals surface area contributed by atoms with Crippen molar-refractivity contribution in [3.63, 3.8) is 0 Å². The quantitative estimate of drug-likeness (QED) is 0.266. The van der Waals surface area contributed by atoms with Crippen molar-refractivity contribution < 1.29 is 44.2 Å². The third kappa shape index (κ3) is 15.5. The third-order valence-corrected chi connectivity index (χ3v) is 2.30. The first-order chi connectivity index (χ1) is 11.7. The van der Waals surface area contributed by atoms with Gasteiger partial charge in [-0.15, -0.1) is 0 Å². The number of aliphatic hydroxyl groups excluding tert-OH is 4. The Kier molecular flexibility index (Phi) is 16.0. The van der Waals surface area contributed by atoms with Crippen molar-refractivity contribution in [1.82, 2.24) is 0 Å². The number of carbonyl (C=O) groups is 2. The van der Waals surface area contributed by atoms with Gasteiger partial charge in [0.2, 0.25) is 0 Å². The van der Waals surface area contributed by atoms with Crippen LogP contribution in [0.3, 0.4) is 0 Å². The highest BCUT2D eigenvalue weighted by Crippen LogP contribution is 2.03. The van der Waals surface area contributed by atoms with Gasteiger partial charge in [-0.2, -0.15) is 0 Å². The minimum atomic E-state index is -1.03. The van der Waals surface area contributed by atoms with Crippen molar-refractivity contribution in [2.45, 2.75) is 26.1 Å². The zero-order chi connectivity index (χ0) is 19.8. The third-order valence-electron chi connectivity index (χ3n) is 2.30. The molecule has 0 aromatic rings.